The van der Waals surface area contributed by atoms with Gasteiger partial charge in [-0.15, -0.1) is 0 Å². The van der Waals surface area contributed by atoms with Crippen molar-refractivity contribution in [2.45, 2.75) is 45.0 Å². The van der Waals surface area contributed by atoms with Gasteiger partial charge in [0.1, 0.15) is 0 Å². The first-order chi connectivity index (χ1) is 5.16. The molecular formula is C9H16KO2. The van der Waals surface area contributed by atoms with E-state index in [1.807, 2.05) is 13.8 Å². The third kappa shape index (κ3) is 3.37. The maximum Gasteiger partial charge on any atom is 0.163 e. The second-order valence-electron chi connectivity index (χ2n) is 4.13. The molecule has 2 aliphatic rings. The molecule has 1 aliphatic carbocycles. The minimum Gasteiger partial charge on any atom is -0.348 e. The molecule has 0 amide bonds. The van der Waals surface area contributed by atoms with Gasteiger partial charge < -0.3 is 9.47 Å². The van der Waals surface area contributed by atoms with E-state index in [1.54, 1.807) is 0 Å². The van der Waals surface area contributed by atoms with Crippen molar-refractivity contribution in [2.24, 2.45) is 5.92 Å². The Morgan fingerprint density at radius 3 is 2.42 bits per heavy atom. The summed E-state index contributed by atoms with van der Waals surface area (Å²) < 4.78 is 11.1. The fourth-order valence-electron chi connectivity index (χ4n) is 1.60. The molecule has 0 unspecified atom stereocenters. The molecule has 65 valence electrons. The number of hydrogen-bond acceptors (Lipinski definition) is 2. The predicted molar refractivity (Wildman–Crippen MR) is 48.0 cm³/mol. The van der Waals surface area contributed by atoms with Crippen LogP contribution in [-0.2, 0) is 9.47 Å². The molecule has 1 saturated carbocycles. The molecular weight excluding hydrogens is 179 g/mol. The van der Waals surface area contributed by atoms with E-state index in [0.717, 1.165) is 12.5 Å². The van der Waals surface area contributed by atoms with Gasteiger partial charge in [-0.05, 0) is 26.2 Å². The Balaban J connectivity index is 0.000000720. The van der Waals surface area contributed by atoms with E-state index < -0.39 is 0 Å². The minimum absolute atomic E-state index is 0. The van der Waals surface area contributed by atoms with Crippen molar-refractivity contribution in [1.82, 2.24) is 0 Å². The van der Waals surface area contributed by atoms with Crippen LogP contribution < -0.4 is 0 Å². The van der Waals surface area contributed by atoms with Crippen LogP contribution >= 0.6 is 0 Å². The van der Waals surface area contributed by atoms with Crippen LogP contribution in [0.2, 0.25) is 0 Å². The van der Waals surface area contributed by atoms with Gasteiger partial charge in [-0.2, -0.15) is 0 Å². The maximum atomic E-state index is 5.68. The van der Waals surface area contributed by atoms with E-state index in [-0.39, 0.29) is 57.2 Å². The van der Waals surface area contributed by atoms with Gasteiger partial charge in [0, 0.05) is 51.4 Å². The van der Waals surface area contributed by atoms with Gasteiger partial charge in [-0.1, -0.05) is 12.8 Å². The third-order valence-corrected chi connectivity index (χ3v) is 2.36. The summed E-state index contributed by atoms with van der Waals surface area (Å²) in [6, 6.07) is 0. The van der Waals surface area contributed by atoms with Crippen LogP contribution in [0.1, 0.15) is 33.1 Å². The zero-order valence-corrected chi connectivity index (χ0v) is 11.4. The molecule has 0 spiro atoms. The maximum absolute atomic E-state index is 5.68. The molecule has 0 aromatic heterocycles. The van der Waals surface area contributed by atoms with Crippen LogP contribution in [0, 0.1) is 5.92 Å². The van der Waals surface area contributed by atoms with Crippen LogP contribution in [0.25, 0.3) is 0 Å². The second kappa shape index (κ2) is 4.38. The molecule has 0 N–H and O–H groups in total. The molecule has 1 heterocycles. The predicted octanol–water partition coefficient (Wildman–Crippen LogP) is 1.56. The number of ether oxygens (including phenoxy) is 2. The minimum atomic E-state index is -0.320. The first-order valence-corrected chi connectivity index (χ1v) is 4.47. The Kier molecular flexibility index (Phi) is 4.25. The van der Waals surface area contributed by atoms with Crippen molar-refractivity contribution in [1.29, 1.82) is 0 Å². The van der Waals surface area contributed by atoms with Crippen molar-refractivity contribution in [3.05, 3.63) is 0 Å². The molecule has 1 aliphatic heterocycles. The van der Waals surface area contributed by atoms with Gasteiger partial charge >= 0.3 is 0 Å². The molecule has 12 heavy (non-hydrogen) atoms. The Bertz CT molecular complexity index is 155. The van der Waals surface area contributed by atoms with Crippen LogP contribution in [0.4, 0.5) is 0 Å². The summed E-state index contributed by atoms with van der Waals surface area (Å²) in [6.07, 6.45) is 4.39. The average Bonchev–Trinajstić information content (AvgIpc) is 2.61. The molecule has 0 aromatic carbocycles. The number of rotatable bonds is 2. The van der Waals surface area contributed by atoms with Crippen LogP contribution in [0.3, 0.4) is 0 Å². The first kappa shape index (κ1) is 11.6. The Morgan fingerprint density at radius 2 is 2.00 bits per heavy atom. The SMILES string of the molecule is CC1(C)OC[C@@H](CC2CC2)O1.[K]. The van der Waals surface area contributed by atoms with Crippen LogP contribution in [0.5, 0.6) is 0 Å². The smallest absolute Gasteiger partial charge is 0.163 e. The van der Waals surface area contributed by atoms with Crippen molar-refractivity contribution in [3.63, 3.8) is 0 Å². The standard InChI is InChI=1S/C9H16O2.K/c1-9(2)10-6-8(11-9)5-7-3-4-7;/h7-8H,3-6H2,1-2H3;/t8-;/m1./s1. The summed E-state index contributed by atoms with van der Waals surface area (Å²) in [4.78, 5) is 0. The molecule has 0 bridgehead atoms. The van der Waals surface area contributed by atoms with Crippen molar-refractivity contribution < 1.29 is 9.47 Å². The fourth-order valence-corrected chi connectivity index (χ4v) is 1.60. The molecule has 2 rings (SSSR count). The summed E-state index contributed by atoms with van der Waals surface area (Å²) in [5, 5.41) is 0. The van der Waals surface area contributed by atoms with E-state index in [1.165, 1.54) is 19.3 Å². The summed E-state index contributed by atoms with van der Waals surface area (Å²) in [7, 11) is 0. The quantitative estimate of drug-likeness (QED) is 0.623. The average molecular weight is 195 g/mol. The van der Waals surface area contributed by atoms with E-state index in [2.05, 4.69) is 0 Å². The van der Waals surface area contributed by atoms with E-state index >= 15 is 0 Å². The van der Waals surface area contributed by atoms with Crippen molar-refractivity contribution in [2.75, 3.05) is 6.61 Å². The van der Waals surface area contributed by atoms with E-state index in [9.17, 15) is 0 Å². The Morgan fingerprint density at radius 1 is 1.33 bits per heavy atom. The first-order valence-electron chi connectivity index (χ1n) is 4.47. The van der Waals surface area contributed by atoms with Gasteiger partial charge in [0.15, 0.2) is 5.79 Å². The zero-order chi connectivity index (χ0) is 7.90. The van der Waals surface area contributed by atoms with Gasteiger partial charge in [0.2, 0.25) is 0 Å². The zero-order valence-electron chi connectivity index (χ0n) is 8.30. The molecule has 1 radical (unpaired) electrons. The van der Waals surface area contributed by atoms with Crippen LogP contribution in [0.15, 0.2) is 0 Å². The number of hydrogen-bond donors (Lipinski definition) is 0. The summed E-state index contributed by atoms with van der Waals surface area (Å²) in [5.74, 6) is 0.622. The topological polar surface area (TPSA) is 18.5 Å². The summed E-state index contributed by atoms with van der Waals surface area (Å²) in [5.41, 5.74) is 0. The van der Waals surface area contributed by atoms with Gasteiger partial charge in [-0.25, -0.2) is 0 Å². The molecule has 2 fully saturated rings. The molecule has 1 atom stereocenters. The molecule has 3 heteroatoms. The summed E-state index contributed by atoms with van der Waals surface area (Å²) in [6.45, 7) is 4.77. The van der Waals surface area contributed by atoms with Gasteiger partial charge in [0.05, 0.1) is 12.7 Å². The monoisotopic (exact) mass is 195 g/mol. The molecule has 1 saturated heterocycles. The Labute approximate surface area is 117 Å². The third-order valence-electron chi connectivity index (χ3n) is 2.36. The molecule has 2 nitrogen and oxygen atoms in total. The van der Waals surface area contributed by atoms with E-state index in [0.29, 0.717) is 6.10 Å². The normalized spacial score (nSPS) is 33.0. The van der Waals surface area contributed by atoms with Crippen LogP contribution in [-0.4, -0.2) is 69.9 Å². The van der Waals surface area contributed by atoms with E-state index in [4.69, 9.17) is 9.47 Å². The van der Waals surface area contributed by atoms with Gasteiger partial charge in [-0.3, -0.25) is 0 Å². The largest absolute Gasteiger partial charge is 0.348 e. The van der Waals surface area contributed by atoms with Crippen molar-refractivity contribution in [3.8, 4) is 0 Å². The van der Waals surface area contributed by atoms with Crippen molar-refractivity contribution >= 4 is 51.4 Å². The molecule has 0 aromatic rings. The van der Waals surface area contributed by atoms with Gasteiger partial charge in [0.25, 0.3) is 0 Å². The fraction of sp³-hybridized carbons (Fsp3) is 1.00. The Hall–Kier alpha value is 1.56. The second-order valence-corrected chi connectivity index (χ2v) is 4.13. The summed E-state index contributed by atoms with van der Waals surface area (Å²) >= 11 is 0.